The molecule has 3 heterocycles. The van der Waals surface area contributed by atoms with Crippen molar-refractivity contribution in [2.45, 2.75) is 38.4 Å². The fourth-order valence-electron chi connectivity index (χ4n) is 3.46. The Morgan fingerprint density at radius 2 is 2.38 bits per heavy atom. The maximum Gasteiger partial charge on any atom is 0.174 e. The van der Waals surface area contributed by atoms with Gasteiger partial charge in [0.25, 0.3) is 0 Å². The lowest BCUT2D eigenvalue weighted by Crippen LogP contribution is -2.17. The molecule has 0 saturated carbocycles. The van der Waals surface area contributed by atoms with E-state index in [-0.39, 0.29) is 5.75 Å². The van der Waals surface area contributed by atoms with Gasteiger partial charge in [0, 0.05) is 18.7 Å². The van der Waals surface area contributed by atoms with E-state index in [9.17, 15) is 8.76 Å². The summed E-state index contributed by atoms with van der Waals surface area (Å²) in [6.07, 6.45) is 4.16. The Morgan fingerprint density at radius 3 is 3.19 bits per heavy atom. The van der Waals surface area contributed by atoms with Crippen molar-refractivity contribution in [3.05, 3.63) is 28.0 Å². The smallest absolute Gasteiger partial charge is 0.174 e. The summed E-state index contributed by atoms with van der Waals surface area (Å²) in [6, 6.07) is 0. The van der Waals surface area contributed by atoms with Crippen LogP contribution in [0.1, 0.15) is 32.4 Å². The number of aliphatic imine (C=N–C) groups is 1. The fourth-order valence-corrected chi connectivity index (χ4v) is 4.88. The molecule has 0 bridgehead atoms. The summed E-state index contributed by atoms with van der Waals surface area (Å²) in [5.74, 6) is 2.32. The number of aromatic nitrogens is 2. The molecule has 2 atom stereocenters. The fraction of sp³-hybridized carbons (Fsp3) is 0.529. The van der Waals surface area contributed by atoms with Gasteiger partial charge >= 0.3 is 0 Å². The van der Waals surface area contributed by atoms with Crippen molar-refractivity contribution in [3.63, 3.8) is 0 Å². The minimum atomic E-state index is -2.09. The first kappa shape index (κ1) is 17.8. The number of rotatable bonds is 5. The Bertz CT molecular complexity index is 856. The zero-order valence-electron chi connectivity index (χ0n) is 14.8. The summed E-state index contributed by atoms with van der Waals surface area (Å²) in [7, 11) is 0. The summed E-state index contributed by atoms with van der Waals surface area (Å²) in [6.45, 7) is 5.77. The third-order valence-corrected chi connectivity index (χ3v) is 6.62. The van der Waals surface area contributed by atoms with Crippen molar-refractivity contribution >= 4 is 34.4 Å². The van der Waals surface area contributed by atoms with Crippen molar-refractivity contribution in [2.24, 2.45) is 10.9 Å². The average Bonchev–Trinajstić information content (AvgIpc) is 3.18. The Hall–Kier alpha value is -1.58. The molecular weight excluding hydrogens is 372 g/mol. The summed E-state index contributed by atoms with van der Waals surface area (Å²) >= 11 is -0.495. The zero-order chi connectivity index (χ0) is 18.3. The minimum absolute atomic E-state index is 0.0568. The molecule has 0 amide bonds. The molecule has 9 heteroatoms. The molecule has 140 valence electrons. The Kier molecular flexibility index (Phi) is 4.94. The second kappa shape index (κ2) is 7.21. The molecule has 1 aromatic rings. The molecule has 0 saturated heterocycles. The van der Waals surface area contributed by atoms with E-state index in [1.807, 2.05) is 11.5 Å². The van der Waals surface area contributed by atoms with Gasteiger partial charge in [-0.1, -0.05) is 29.8 Å². The van der Waals surface area contributed by atoms with Gasteiger partial charge in [-0.15, -0.1) is 0 Å². The first-order valence-electron chi connectivity index (χ1n) is 8.69. The molecule has 26 heavy (non-hydrogen) atoms. The van der Waals surface area contributed by atoms with Gasteiger partial charge in [-0.25, -0.2) is 4.98 Å². The highest BCUT2D eigenvalue weighted by Crippen LogP contribution is 2.43. The molecule has 1 aromatic heterocycles. The molecule has 4 rings (SSSR count). The van der Waals surface area contributed by atoms with Gasteiger partial charge < -0.3 is 19.2 Å². The first-order chi connectivity index (χ1) is 12.5. The van der Waals surface area contributed by atoms with Crippen LogP contribution in [-0.4, -0.2) is 43.1 Å². The largest absolute Gasteiger partial charge is 0.772 e. The summed E-state index contributed by atoms with van der Waals surface area (Å²) in [5, 5.41) is 4.03. The van der Waals surface area contributed by atoms with Gasteiger partial charge in [0.05, 0.1) is 12.3 Å². The molecule has 7 nitrogen and oxygen atoms in total. The van der Waals surface area contributed by atoms with Crippen LogP contribution in [0.25, 0.3) is 0 Å². The Balaban J connectivity index is 1.67. The monoisotopic (exact) mass is 393 g/mol. The van der Waals surface area contributed by atoms with E-state index in [4.69, 9.17) is 9.72 Å². The highest BCUT2D eigenvalue weighted by Gasteiger charge is 2.28. The third-order valence-electron chi connectivity index (χ3n) is 4.85. The molecule has 0 spiro atoms. The normalized spacial score (nSPS) is 22.8. The van der Waals surface area contributed by atoms with Crippen molar-refractivity contribution in [1.82, 2.24) is 9.55 Å². The highest BCUT2D eigenvalue weighted by atomic mass is 32.2. The van der Waals surface area contributed by atoms with Crippen LogP contribution >= 0.6 is 11.8 Å². The van der Waals surface area contributed by atoms with Crippen LogP contribution in [0.5, 0.6) is 0 Å². The number of hydrogen-bond donors (Lipinski definition) is 1. The van der Waals surface area contributed by atoms with E-state index in [0.717, 1.165) is 47.6 Å². The van der Waals surface area contributed by atoms with Gasteiger partial charge in [0.2, 0.25) is 0 Å². The predicted octanol–water partition coefficient (Wildman–Crippen LogP) is 2.64. The average molecular weight is 394 g/mol. The van der Waals surface area contributed by atoms with Crippen LogP contribution in [0.15, 0.2) is 32.5 Å². The topological polar surface area (TPSA) is 91.6 Å². The molecule has 3 aliphatic rings. The van der Waals surface area contributed by atoms with Crippen LogP contribution < -0.4 is 5.32 Å². The number of anilines is 1. The van der Waals surface area contributed by atoms with Crippen molar-refractivity contribution in [3.8, 4) is 0 Å². The van der Waals surface area contributed by atoms with E-state index < -0.39 is 11.1 Å². The maximum atomic E-state index is 11.1. The van der Waals surface area contributed by atoms with Crippen LogP contribution in [0.2, 0.25) is 0 Å². The lowest BCUT2D eigenvalue weighted by molar-refractivity contribution is 0.256. The van der Waals surface area contributed by atoms with E-state index in [1.165, 1.54) is 10.5 Å². The van der Waals surface area contributed by atoms with Crippen LogP contribution in [0, 0.1) is 5.92 Å². The van der Waals surface area contributed by atoms with Crippen molar-refractivity contribution in [1.29, 1.82) is 0 Å². The van der Waals surface area contributed by atoms with Gasteiger partial charge in [0.1, 0.15) is 23.9 Å². The Morgan fingerprint density at radius 1 is 1.54 bits per heavy atom. The first-order valence-corrected chi connectivity index (χ1v) is 10.7. The Labute approximate surface area is 159 Å². The number of imidazole rings is 1. The number of ether oxygens (including phenoxy) is 1. The predicted molar refractivity (Wildman–Crippen MR) is 102 cm³/mol. The molecule has 1 N–H and O–H groups in total. The minimum Gasteiger partial charge on any atom is -0.772 e. The molecule has 0 fully saturated rings. The van der Waals surface area contributed by atoms with Crippen LogP contribution in [-0.2, 0) is 22.4 Å². The second-order valence-corrected chi connectivity index (χ2v) is 8.71. The van der Waals surface area contributed by atoms with E-state index in [2.05, 4.69) is 23.3 Å². The van der Waals surface area contributed by atoms with Crippen molar-refractivity contribution in [2.75, 3.05) is 24.3 Å². The highest BCUT2D eigenvalue weighted by molar-refractivity contribution is 8.03. The maximum absolute atomic E-state index is 11.1. The van der Waals surface area contributed by atoms with Gasteiger partial charge in [-0.05, 0) is 35.8 Å². The van der Waals surface area contributed by atoms with Crippen LogP contribution in [0.3, 0.4) is 0 Å². The van der Waals surface area contributed by atoms with Crippen molar-refractivity contribution < 1.29 is 13.5 Å². The quantitative estimate of drug-likeness (QED) is 0.773. The number of hydrogen-bond acceptors (Lipinski definition) is 7. The molecule has 0 radical (unpaired) electrons. The third kappa shape index (κ3) is 3.35. The summed E-state index contributed by atoms with van der Waals surface area (Å²) in [4.78, 5) is 10.3. The number of fused-ring (bicyclic) bond motifs is 1. The summed E-state index contributed by atoms with van der Waals surface area (Å²) in [5.41, 5.74) is 3.07. The molecule has 2 unspecified atom stereocenters. The zero-order valence-corrected chi connectivity index (χ0v) is 16.4. The van der Waals surface area contributed by atoms with E-state index in [0.29, 0.717) is 19.1 Å². The van der Waals surface area contributed by atoms with Crippen LogP contribution in [0.4, 0.5) is 5.82 Å². The molecule has 2 aliphatic heterocycles. The van der Waals surface area contributed by atoms with E-state index >= 15 is 0 Å². The van der Waals surface area contributed by atoms with Gasteiger partial charge in [-0.2, -0.15) is 0 Å². The number of nitrogens with zero attached hydrogens (tertiary/aromatic N) is 3. The lowest BCUT2D eigenvalue weighted by Gasteiger charge is -2.21. The molecular formula is C17H21N4O3S2-. The second-order valence-electron chi connectivity index (χ2n) is 6.65. The lowest BCUT2D eigenvalue weighted by atomic mass is 9.94. The SMILES string of the molecule is CC1=NCNc2c1nc(SC1=CC3=C(CCO3)CC1C)n2CCS(=O)[O-]. The van der Waals surface area contributed by atoms with E-state index in [1.54, 1.807) is 11.8 Å². The van der Waals surface area contributed by atoms with Gasteiger partial charge in [-0.3, -0.25) is 9.20 Å². The molecule has 0 aromatic carbocycles. The number of thioether (sulfide) groups is 1. The standard InChI is InChI=1S/C17H22N4O3S2/c1-10-7-12-3-5-24-13(12)8-14(10)25-17-20-15-11(2)18-9-19-16(15)21(17)4-6-26(22)23/h8,10,19H,3-7,9H2,1-2H3,(H,22,23)/p-1. The van der Waals surface area contributed by atoms with Gasteiger partial charge in [0.15, 0.2) is 5.16 Å². The number of allylic oxidation sites excluding steroid dienone is 2. The summed E-state index contributed by atoms with van der Waals surface area (Å²) < 4.78 is 29.9. The number of nitrogens with one attached hydrogen (secondary N) is 1. The molecule has 1 aliphatic carbocycles.